The van der Waals surface area contributed by atoms with Crippen molar-refractivity contribution in [2.75, 3.05) is 19.6 Å². The maximum atomic E-state index is 11.8. The topological polar surface area (TPSA) is 21.3 Å². The smallest absolute Gasteiger partial charge is 0.361 e. The summed E-state index contributed by atoms with van der Waals surface area (Å²) in [4.78, 5) is 0.903. The molecule has 0 amide bonds. The van der Waals surface area contributed by atoms with E-state index >= 15 is 0 Å². The maximum Gasteiger partial charge on any atom is 0.411 e. The lowest BCUT2D eigenvalue weighted by molar-refractivity contribution is -0.168. The van der Waals surface area contributed by atoms with Crippen molar-refractivity contribution in [1.82, 2.24) is 5.32 Å². The fourth-order valence-electron chi connectivity index (χ4n) is 1.22. The van der Waals surface area contributed by atoms with E-state index in [9.17, 15) is 13.2 Å². The van der Waals surface area contributed by atoms with Crippen molar-refractivity contribution < 1.29 is 17.9 Å². The number of alkyl halides is 3. The zero-order valence-electron chi connectivity index (χ0n) is 9.38. The molecule has 0 saturated heterocycles. The third-order valence-electron chi connectivity index (χ3n) is 1.85. The highest BCUT2D eigenvalue weighted by Crippen LogP contribution is 2.21. The zero-order valence-corrected chi connectivity index (χ0v) is 10.2. The van der Waals surface area contributed by atoms with Crippen molar-refractivity contribution in [3.05, 3.63) is 29.8 Å². The van der Waals surface area contributed by atoms with Crippen LogP contribution in [0.3, 0.4) is 0 Å². The van der Waals surface area contributed by atoms with Gasteiger partial charge in [-0.15, -0.1) is 0 Å². The normalized spacial score (nSPS) is 11.8. The van der Waals surface area contributed by atoms with Gasteiger partial charge in [0.05, 0.1) is 5.94 Å². The van der Waals surface area contributed by atoms with E-state index in [2.05, 4.69) is 10.1 Å². The van der Waals surface area contributed by atoms with Crippen LogP contribution in [0.25, 0.3) is 0 Å². The van der Waals surface area contributed by atoms with Crippen LogP contribution in [0.5, 0.6) is 0 Å². The minimum atomic E-state index is -4.26. The lowest BCUT2D eigenvalue weighted by Gasteiger charge is -2.08. The number of thioether (sulfide) groups is 1. The van der Waals surface area contributed by atoms with E-state index < -0.39 is 12.8 Å². The molecular weight excluding hydrogens is 251 g/mol. The minimum Gasteiger partial charge on any atom is -0.361 e. The Morgan fingerprint density at radius 1 is 1.35 bits per heavy atom. The summed E-state index contributed by atoms with van der Waals surface area (Å²) in [6.45, 7) is -0.464. The van der Waals surface area contributed by atoms with Crippen molar-refractivity contribution in [1.29, 1.82) is 0 Å². The molecule has 0 saturated carbocycles. The second-order valence-corrected chi connectivity index (χ2v) is 4.40. The van der Waals surface area contributed by atoms with Crippen molar-refractivity contribution in [2.45, 2.75) is 17.6 Å². The molecule has 0 heterocycles. The lowest BCUT2D eigenvalue weighted by Crippen LogP contribution is -2.16. The van der Waals surface area contributed by atoms with E-state index in [-0.39, 0.29) is 5.94 Å². The molecule has 6 heteroatoms. The molecular formula is C11H14F3NOS. The zero-order chi connectivity index (χ0) is 12.7. The van der Waals surface area contributed by atoms with Crippen LogP contribution < -0.4 is 5.32 Å². The molecule has 1 aromatic rings. The summed E-state index contributed by atoms with van der Waals surface area (Å²) in [5.41, 5.74) is 1.09. The monoisotopic (exact) mass is 265 g/mol. The van der Waals surface area contributed by atoms with Gasteiger partial charge in [-0.1, -0.05) is 23.9 Å². The molecule has 0 fully saturated rings. The molecule has 96 valence electrons. The first-order valence-corrected chi connectivity index (χ1v) is 6.00. The summed E-state index contributed by atoms with van der Waals surface area (Å²) in [6, 6.07) is 7.61. The summed E-state index contributed by atoms with van der Waals surface area (Å²) in [6.07, 6.45) is -4.26. The van der Waals surface area contributed by atoms with Crippen molar-refractivity contribution in [3.8, 4) is 0 Å². The van der Waals surface area contributed by atoms with Crippen LogP contribution >= 0.6 is 11.8 Å². The van der Waals surface area contributed by atoms with Gasteiger partial charge in [0.1, 0.15) is 6.61 Å². The number of hydrogen-bond donors (Lipinski definition) is 1. The minimum absolute atomic E-state index is 0.00250. The molecule has 2 nitrogen and oxygen atoms in total. The van der Waals surface area contributed by atoms with Gasteiger partial charge in [0.2, 0.25) is 0 Å². The van der Waals surface area contributed by atoms with Crippen LogP contribution in [0, 0.1) is 0 Å². The van der Waals surface area contributed by atoms with Crippen LogP contribution in [0.1, 0.15) is 5.56 Å². The van der Waals surface area contributed by atoms with Crippen molar-refractivity contribution in [2.24, 2.45) is 0 Å². The number of ether oxygens (including phenoxy) is 1. The molecule has 1 aromatic carbocycles. The molecule has 0 aromatic heterocycles. The first-order valence-electron chi connectivity index (χ1n) is 5.02. The Morgan fingerprint density at radius 2 is 2.12 bits per heavy atom. The second kappa shape index (κ2) is 6.88. The Bertz CT molecular complexity index is 344. The average molecular weight is 265 g/mol. The lowest BCUT2D eigenvalue weighted by atomic mass is 10.2. The molecule has 0 unspecified atom stereocenters. The van der Waals surface area contributed by atoms with Gasteiger partial charge in [0, 0.05) is 11.4 Å². The first kappa shape index (κ1) is 14.3. The number of hydrogen-bond acceptors (Lipinski definition) is 3. The van der Waals surface area contributed by atoms with E-state index in [4.69, 9.17) is 0 Å². The number of rotatable bonds is 6. The van der Waals surface area contributed by atoms with Crippen LogP contribution in [-0.4, -0.2) is 25.8 Å². The molecule has 17 heavy (non-hydrogen) atoms. The van der Waals surface area contributed by atoms with Crippen LogP contribution in [0.4, 0.5) is 13.2 Å². The van der Waals surface area contributed by atoms with E-state index in [1.807, 2.05) is 31.3 Å². The Kier molecular flexibility index (Phi) is 5.80. The fraction of sp³-hybridized carbons (Fsp3) is 0.455. The largest absolute Gasteiger partial charge is 0.411 e. The van der Waals surface area contributed by atoms with Crippen LogP contribution in [-0.2, 0) is 11.3 Å². The van der Waals surface area contributed by atoms with E-state index in [1.165, 1.54) is 11.8 Å². The summed E-state index contributed by atoms with van der Waals surface area (Å²) in [7, 11) is 1.84. The number of nitrogens with one attached hydrogen (secondary N) is 1. The molecule has 1 N–H and O–H groups in total. The molecule has 0 radical (unpaired) electrons. The molecule has 0 bridgehead atoms. The highest BCUT2D eigenvalue weighted by Gasteiger charge is 2.27. The molecule has 0 atom stereocenters. The Labute approximate surface area is 103 Å². The van der Waals surface area contributed by atoms with Crippen LogP contribution in [0.15, 0.2) is 29.2 Å². The quantitative estimate of drug-likeness (QED) is 0.485. The number of benzene rings is 1. The van der Waals surface area contributed by atoms with Crippen molar-refractivity contribution >= 4 is 11.8 Å². The first-order chi connectivity index (χ1) is 8.01. The van der Waals surface area contributed by atoms with E-state index in [0.717, 1.165) is 17.0 Å². The number of halogens is 3. The summed E-state index contributed by atoms with van der Waals surface area (Å²) in [5.74, 6) is 0.00250. The maximum absolute atomic E-state index is 11.8. The highest BCUT2D eigenvalue weighted by molar-refractivity contribution is 7.99. The van der Waals surface area contributed by atoms with E-state index in [1.54, 1.807) is 0 Å². The Morgan fingerprint density at radius 3 is 2.76 bits per heavy atom. The molecule has 0 aliphatic rings. The van der Waals surface area contributed by atoms with Gasteiger partial charge in [-0.25, -0.2) is 0 Å². The standard InChI is InChI=1S/C11H14F3NOS/c1-15-6-9-3-2-4-10(5-9)17-8-16-7-11(12,13)14/h2-5,15H,6-8H2,1H3. The predicted octanol–water partition coefficient (Wildman–Crippen LogP) is 3.03. The SMILES string of the molecule is CNCc1cccc(SCOCC(F)(F)F)c1. The van der Waals surface area contributed by atoms with E-state index in [0.29, 0.717) is 0 Å². The van der Waals surface area contributed by atoms with Crippen LogP contribution in [0.2, 0.25) is 0 Å². The van der Waals surface area contributed by atoms with Crippen molar-refractivity contribution in [3.63, 3.8) is 0 Å². The third-order valence-corrected chi connectivity index (χ3v) is 2.73. The summed E-state index contributed by atoms with van der Waals surface area (Å²) < 4.78 is 39.9. The van der Waals surface area contributed by atoms with Gasteiger partial charge in [-0.2, -0.15) is 13.2 Å². The molecule has 0 aliphatic heterocycles. The van der Waals surface area contributed by atoms with Gasteiger partial charge in [0.25, 0.3) is 0 Å². The predicted molar refractivity (Wildman–Crippen MR) is 61.9 cm³/mol. The third kappa shape index (κ3) is 6.55. The van der Waals surface area contributed by atoms with Gasteiger partial charge in [-0.05, 0) is 24.7 Å². The van der Waals surface area contributed by atoms with Gasteiger partial charge >= 0.3 is 6.18 Å². The Balaban J connectivity index is 2.34. The molecule has 0 spiro atoms. The summed E-state index contributed by atoms with van der Waals surface area (Å²) >= 11 is 1.25. The second-order valence-electron chi connectivity index (χ2n) is 3.40. The molecule has 1 rings (SSSR count). The fourth-order valence-corrected chi connectivity index (χ4v) is 1.93. The van der Waals surface area contributed by atoms with Gasteiger partial charge < -0.3 is 10.1 Å². The van der Waals surface area contributed by atoms with Gasteiger partial charge in [0.15, 0.2) is 0 Å². The average Bonchev–Trinajstić information content (AvgIpc) is 2.24. The summed E-state index contributed by atoms with van der Waals surface area (Å²) in [5, 5.41) is 3.01. The highest BCUT2D eigenvalue weighted by atomic mass is 32.2. The van der Waals surface area contributed by atoms with Gasteiger partial charge in [-0.3, -0.25) is 0 Å². The molecule has 0 aliphatic carbocycles. The Hall–Kier alpha value is -0.720.